The van der Waals surface area contributed by atoms with Gasteiger partial charge in [0.2, 0.25) is 0 Å². The molecular weight excluding hydrogens is 266 g/mol. The first-order chi connectivity index (χ1) is 10.0. The Balaban J connectivity index is 2.60. The first-order valence-electron chi connectivity index (χ1n) is 7.75. The molecule has 3 N–H and O–H groups in total. The van der Waals surface area contributed by atoms with Crippen LogP contribution in [0.25, 0.3) is 0 Å². The smallest absolute Gasteiger partial charge is 0.252 e. The average Bonchev–Trinajstić information content (AvgIpc) is 2.46. The van der Waals surface area contributed by atoms with Gasteiger partial charge >= 0.3 is 0 Å². The molecule has 0 radical (unpaired) electrons. The Bertz CT molecular complexity index is 426. The van der Waals surface area contributed by atoms with Crippen LogP contribution in [0.5, 0.6) is 0 Å². The molecule has 0 aromatic carbocycles. The molecule has 1 rings (SSSR count). The van der Waals surface area contributed by atoms with Gasteiger partial charge in [0.25, 0.3) is 5.91 Å². The Morgan fingerprint density at radius 1 is 1.24 bits per heavy atom. The Morgan fingerprint density at radius 3 is 2.38 bits per heavy atom. The number of pyridine rings is 1. The third kappa shape index (κ3) is 5.71. The number of nitrogens with one attached hydrogen (secondary N) is 2. The van der Waals surface area contributed by atoms with Gasteiger partial charge in [-0.15, -0.1) is 0 Å². The van der Waals surface area contributed by atoms with Gasteiger partial charge in [-0.05, 0) is 31.9 Å². The molecule has 0 fully saturated rings. The van der Waals surface area contributed by atoms with Gasteiger partial charge in [-0.2, -0.15) is 0 Å². The van der Waals surface area contributed by atoms with Crippen LogP contribution in [0, 0.1) is 0 Å². The van der Waals surface area contributed by atoms with Gasteiger partial charge in [0, 0.05) is 19.3 Å². The van der Waals surface area contributed by atoms with Crippen molar-refractivity contribution in [1.82, 2.24) is 10.3 Å². The number of rotatable bonds is 9. The van der Waals surface area contributed by atoms with Gasteiger partial charge in [0.1, 0.15) is 5.82 Å². The molecule has 118 valence electrons. The van der Waals surface area contributed by atoms with Crippen LogP contribution in [0.3, 0.4) is 0 Å². The molecule has 5 heteroatoms. The topological polar surface area (TPSA) is 74.2 Å². The number of nitrogens with zero attached hydrogens (tertiary/aromatic N) is 1. The van der Waals surface area contributed by atoms with E-state index in [4.69, 9.17) is 0 Å². The normalized spacial score (nSPS) is 11.2. The first kappa shape index (κ1) is 17.4. The van der Waals surface area contributed by atoms with E-state index in [2.05, 4.69) is 29.5 Å². The van der Waals surface area contributed by atoms with E-state index >= 15 is 0 Å². The zero-order chi connectivity index (χ0) is 15.7. The number of carbonyl (C=O) groups is 1. The van der Waals surface area contributed by atoms with E-state index in [9.17, 15) is 9.90 Å². The number of aliphatic hydroxyl groups is 1. The van der Waals surface area contributed by atoms with Gasteiger partial charge in [0.05, 0.1) is 11.2 Å². The van der Waals surface area contributed by atoms with Crippen molar-refractivity contribution in [1.29, 1.82) is 0 Å². The molecule has 0 aliphatic heterocycles. The van der Waals surface area contributed by atoms with Crippen molar-refractivity contribution in [3.05, 3.63) is 23.9 Å². The summed E-state index contributed by atoms with van der Waals surface area (Å²) in [5, 5.41) is 16.4. The number of hydrogen-bond donors (Lipinski definition) is 3. The maximum absolute atomic E-state index is 11.6. The van der Waals surface area contributed by atoms with E-state index in [-0.39, 0.29) is 5.91 Å². The number of aromatic nitrogens is 1. The number of anilines is 1. The zero-order valence-corrected chi connectivity index (χ0v) is 13.3. The van der Waals surface area contributed by atoms with Crippen molar-refractivity contribution < 1.29 is 9.90 Å². The lowest BCUT2D eigenvalue weighted by Gasteiger charge is -2.28. The molecule has 0 aliphatic rings. The second-order valence-electron chi connectivity index (χ2n) is 5.37. The summed E-state index contributed by atoms with van der Waals surface area (Å²) < 4.78 is 0. The van der Waals surface area contributed by atoms with Crippen LogP contribution in [0.15, 0.2) is 18.3 Å². The summed E-state index contributed by atoms with van der Waals surface area (Å²) in [5.74, 6) is 0.554. The molecule has 0 bridgehead atoms. The summed E-state index contributed by atoms with van der Waals surface area (Å²) >= 11 is 0. The second-order valence-corrected chi connectivity index (χ2v) is 5.37. The highest BCUT2D eigenvalue weighted by molar-refractivity contribution is 5.93. The van der Waals surface area contributed by atoms with E-state index in [1.807, 2.05) is 6.92 Å². The number of amides is 1. The highest BCUT2D eigenvalue weighted by atomic mass is 16.3. The van der Waals surface area contributed by atoms with Crippen LogP contribution >= 0.6 is 0 Å². The van der Waals surface area contributed by atoms with Crippen LogP contribution in [0.4, 0.5) is 5.82 Å². The third-order valence-electron chi connectivity index (χ3n) is 3.39. The van der Waals surface area contributed by atoms with Gasteiger partial charge < -0.3 is 15.7 Å². The first-order valence-corrected chi connectivity index (χ1v) is 7.75. The standard InChI is InChI=1S/C16H27N3O2/c1-4-9-16(21,10-5-2)12-19-14-8-7-13(11-18-14)15(20)17-6-3/h7-8,11,21H,4-6,9-10,12H2,1-3H3,(H,17,20)(H,18,19). The van der Waals surface area contributed by atoms with Crippen LogP contribution in [0.1, 0.15) is 56.8 Å². The minimum absolute atomic E-state index is 0.120. The minimum Gasteiger partial charge on any atom is -0.388 e. The Kier molecular flexibility index (Phi) is 7.15. The van der Waals surface area contributed by atoms with Crippen LogP contribution in [-0.2, 0) is 0 Å². The van der Waals surface area contributed by atoms with E-state index in [0.29, 0.717) is 24.5 Å². The number of carbonyl (C=O) groups excluding carboxylic acids is 1. The summed E-state index contributed by atoms with van der Waals surface area (Å²) in [6.07, 6.45) is 4.98. The fraction of sp³-hybridized carbons (Fsp3) is 0.625. The summed E-state index contributed by atoms with van der Waals surface area (Å²) in [7, 11) is 0. The molecule has 5 nitrogen and oxygen atoms in total. The summed E-state index contributed by atoms with van der Waals surface area (Å²) in [6, 6.07) is 3.50. The lowest BCUT2D eigenvalue weighted by Crippen LogP contribution is -2.36. The Hall–Kier alpha value is -1.62. The van der Waals surface area contributed by atoms with Crippen molar-refractivity contribution >= 4 is 11.7 Å². The quantitative estimate of drug-likeness (QED) is 0.654. The molecular formula is C16H27N3O2. The molecule has 1 amide bonds. The molecule has 1 aromatic heterocycles. The lowest BCUT2D eigenvalue weighted by atomic mass is 9.93. The van der Waals surface area contributed by atoms with Gasteiger partial charge in [-0.3, -0.25) is 4.79 Å². The fourth-order valence-electron chi connectivity index (χ4n) is 2.38. The molecule has 0 atom stereocenters. The maximum Gasteiger partial charge on any atom is 0.252 e. The highest BCUT2D eigenvalue weighted by Gasteiger charge is 2.24. The van der Waals surface area contributed by atoms with Crippen molar-refractivity contribution in [2.24, 2.45) is 0 Å². The SMILES string of the molecule is CCCC(O)(CCC)CNc1ccc(C(=O)NCC)cn1. The van der Waals surface area contributed by atoms with Gasteiger partial charge in [0.15, 0.2) is 0 Å². The average molecular weight is 293 g/mol. The minimum atomic E-state index is -0.691. The molecule has 0 spiro atoms. The van der Waals surface area contributed by atoms with Crippen molar-refractivity contribution in [3.8, 4) is 0 Å². The molecule has 1 heterocycles. The van der Waals surface area contributed by atoms with Crippen LogP contribution in [0.2, 0.25) is 0 Å². The zero-order valence-electron chi connectivity index (χ0n) is 13.3. The van der Waals surface area contributed by atoms with E-state index in [0.717, 1.165) is 25.7 Å². The fourth-order valence-corrected chi connectivity index (χ4v) is 2.38. The second kappa shape index (κ2) is 8.62. The molecule has 1 aromatic rings. The Morgan fingerprint density at radius 2 is 1.90 bits per heavy atom. The van der Waals surface area contributed by atoms with Crippen molar-refractivity contribution in [2.75, 3.05) is 18.4 Å². The molecule has 0 aliphatic carbocycles. The summed E-state index contributed by atoms with van der Waals surface area (Å²) in [4.78, 5) is 15.9. The molecule has 21 heavy (non-hydrogen) atoms. The van der Waals surface area contributed by atoms with E-state index < -0.39 is 5.60 Å². The summed E-state index contributed by atoms with van der Waals surface area (Å²) in [6.45, 7) is 7.09. The Labute approximate surface area is 127 Å². The monoisotopic (exact) mass is 293 g/mol. The third-order valence-corrected chi connectivity index (χ3v) is 3.39. The lowest BCUT2D eigenvalue weighted by molar-refractivity contribution is 0.0343. The van der Waals surface area contributed by atoms with Crippen LogP contribution in [-0.4, -0.2) is 34.7 Å². The molecule has 0 saturated carbocycles. The van der Waals surface area contributed by atoms with Crippen molar-refractivity contribution in [3.63, 3.8) is 0 Å². The van der Waals surface area contributed by atoms with E-state index in [1.54, 1.807) is 18.3 Å². The largest absolute Gasteiger partial charge is 0.388 e. The highest BCUT2D eigenvalue weighted by Crippen LogP contribution is 2.20. The maximum atomic E-state index is 11.6. The predicted octanol–water partition coefficient (Wildman–Crippen LogP) is 2.57. The van der Waals surface area contributed by atoms with Crippen LogP contribution < -0.4 is 10.6 Å². The molecule has 0 saturated heterocycles. The molecule has 0 unspecified atom stereocenters. The summed E-state index contributed by atoms with van der Waals surface area (Å²) in [5.41, 5.74) is -0.150. The number of hydrogen-bond acceptors (Lipinski definition) is 4. The predicted molar refractivity (Wildman–Crippen MR) is 85.5 cm³/mol. The van der Waals surface area contributed by atoms with E-state index in [1.165, 1.54) is 0 Å². The van der Waals surface area contributed by atoms with Gasteiger partial charge in [-0.25, -0.2) is 4.98 Å². The van der Waals surface area contributed by atoms with Gasteiger partial charge in [-0.1, -0.05) is 26.7 Å². The van der Waals surface area contributed by atoms with Crippen molar-refractivity contribution in [2.45, 2.75) is 52.1 Å².